The Balaban J connectivity index is 1.90. The lowest BCUT2D eigenvalue weighted by atomic mass is 9.94. The van der Waals surface area contributed by atoms with E-state index in [1.807, 2.05) is 62.9 Å². The molecule has 1 aromatic carbocycles. The molecule has 4 nitrogen and oxygen atoms in total. The molecular weight excluding hydrogens is 288 g/mol. The van der Waals surface area contributed by atoms with E-state index in [0.717, 1.165) is 5.56 Å². The van der Waals surface area contributed by atoms with Gasteiger partial charge in [-0.1, -0.05) is 50.6 Å². The van der Waals surface area contributed by atoms with E-state index < -0.39 is 0 Å². The Morgan fingerprint density at radius 2 is 1.65 bits per heavy atom. The molecule has 0 atom stereocenters. The van der Waals surface area contributed by atoms with Crippen LogP contribution in [0.15, 0.2) is 30.3 Å². The fourth-order valence-electron chi connectivity index (χ4n) is 2.65. The van der Waals surface area contributed by atoms with Gasteiger partial charge in [-0.3, -0.25) is 9.59 Å². The summed E-state index contributed by atoms with van der Waals surface area (Å²) in [4.78, 5) is 28.2. The number of carbonyl (C=O) groups is 2. The largest absolute Gasteiger partial charge is 0.339 e. The van der Waals surface area contributed by atoms with Crippen molar-refractivity contribution in [2.75, 3.05) is 26.2 Å². The van der Waals surface area contributed by atoms with Crippen molar-refractivity contribution < 1.29 is 9.59 Å². The van der Waals surface area contributed by atoms with Gasteiger partial charge in [-0.2, -0.15) is 0 Å². The predicted octanol–water partition coefficient (Wildman–Crippen LogP) is 2.73. The fraction of sp³-hybridized carbons (Fsp3) is 0.474. The van der Waals surface area contributed by atoms with Crippen molar-refractivity contribution in [2.24, 2.45) is 5.41 Å². The number of aryl methyl sites for hydroxylation is 1. The summed E-state index contributed by atoms with van der Waals surface area (Å²) in [6.07, 6.45) is 3.47. The molecule has 1 aliphatic rings. The third kappa shape index (κ3) is 4.68. The second-order valence-corrected chi connectivity index (χ2v) is 7.11. The molecular formula is C19H26N2O2. The number of carbonyl (C=O) groups excluding carboxylic acids is 2. The van der Waals surface area contributed by atoms with E-state index in [0.29, 0.717) is 26.2 Å². The van der Waals surface area contributed by atoms with Gasteiger partial charge in [0.1, 0.15) is 0 Å². The highest BCUT2D eigenvalue weighted by Gasteiger charge is 2.30. The van der Waals surface area contributed by atoms with Gasteiger partial charge >= 0.3 is 0 Å². The standard InChI is InChI=1S/C19H26N2O2/c1-15-6-5-7-16(14-15)8-9-17(22)20-10-12-21(13-11-20)18(23)19(2,3)4/h5-9,14H,10-13H2,1-4H3/b9-8+. The van der Waals surface area contributed by atoms with Crippen LogP contribution in [-0.4, -0.2) is 47.8 Å². The Morgan fingerprint density at radius 3 is 2.22 bits per heavy atom. The van der Waals surface area contributed by atoms with Crippen molar-refractivity contribution in [3.8, 4) is 0 Å². The van der Waals surface area contributed by atoms with Gasteiger partial charge in [0.25, 0.3) is 0 Å². The smallest absolute Gasteiger partial charge is 0.246 e. The molecule has 4 heteroatoms. The first-order valence-corrected chi connectivity index (χ1v) is 8.10. The summed E-state index contributed by atoms with van der Waals surface area (Å²) in [6, 6.07) is 8.04. The van der Waals surface area contributed by atoms with E-state index in [-0.39, 0.29) is 17.2 Å². The molecule has 1 aromatic rings. The van der Waals surface area contributed by atoms with Crippen molar-refractivity contribution >= 4 is 17.9 Å². The molecule has 0 aromatic heterocycles. The van der Waals surface area contributed by atoms with Crippen molar-refractivity contribution in [1.82, 2.24) is 9.80 Å². The lowest BCUT2D eigenvalue weighted by Gasteiger charge is -2.37. The van der Waals surface area contributed by atoms with Crippen LogP contribution in [0.3, 0.4) is 0 Å². The molecule has 1 heterocycles. The lowest BCUT2D eigenvalue weighted by molar-refractivity contribution is -0.143. The zero-order chi connectivity index (χ0) is 17.0. The first kappa shape index (κ1) is 17.3. The van der Waals surface area contributed by atoms with Gasteiger partial charge in [-0.15, -0.1) is 0 Å². The lowest BCUT2D eigenvalue weighted by Crippen LogP contribution is -2.52. The van der Waals surface area contributed by atoms with E-state index >= 15 is 0 Å². The molecule has 2 amide bonds. The zero-order valence-corrected chi connectivity index (χ0v) is 14.5. The molecule has 0 unspecified atom stereocenters. The maximum Gasteiger partial charge on any atom is 0.246 e. The van der Waals surface area contributed by atoms with E-state index in [2.05, 4.69) is 0 Å². The average molecular weight is 314 g/mol. The predicted molar refractivity (Wildman–Crippen MR) is 92.8 cm³/mol. The highest BCUT2D eigenvalue weighted by molar-refractivity contribution is 5.92. The number of hydrogen-bond donors (Lipinski definition) is 0. The van der Waals surface area contributed by atoms with E-state index in [9.17, 15) is 9.59 Å². The second kappa shape index (κ2) is 6.99. The summed E-state index contributed by atoms with van der Waals surface area (Å²) >= 11 is 0. The van der Waals surface area contributed by atoms with Crippen LogP contribution in [0.25, 0.3) is 6.08 Å². The topological polar surface area (TPSA) is 40.6 Å². The number of rotatable bonds is 2. The van der Waals surface area contributed by atoms with Gasteiger partial charge in [0.2, 0.25) is 11.8 Å². The minimum absolute atomic E-state index is 0.00867. The first-order chi connectivity index (χ1) is 10.8. The number of amides is 2. The van der Waals surface area contributed by atoms with E-state index in [4.69, 9.17) is 0 Å². The van der Waals surface area contributed by atoms with Crippen LogP contribution in [-0.2, 0) is 9.59 Å². The Labute approximate surface area is 138 Å². The molecule has 23 heavy (non-hydrogen) atoms. The van der Waals surface area contributed by atoms with Crippen LogP contribution >= 0.6 is 0 Å². The molecule has 1 fully saturated rings. The Hall–Kier alpha value is -2.10. The van der Waals surface area contributed by atoms with Crippen molar-refractivity contribution in [3.05, 3.63) is 41.5 Å². The molecule has 0 radical (unpaired) electrons. The molecule has 0 spiro atoms. The van der Waals surface area contributed by atoms with Gasteiger partial charge in [0.15, 0.2) is 0 Å². The summed E-state index contributed by atoms with van der Waals surface area (Å²) in [7, 11) is 0. The number of benzene rings is 1. The van der Waals surface area contributed by atoms with Gasteiger partial charge < -0.3 is 9.80 Å². The summed E-state index contributed by atoms with van der Waals surface area (Å²) in [6.45, 7) is 10.2. The SMILES string of the molecule is Cc1cccc(/C=C/C(=O)N2CCN(C(=O)C(C)(C)C)CC2)c1. The second-order valence-electron chi connectivity index (χ2n) is 7.11. The van der Waals surface area contributed by atoms with Gasteiger partial charge in [0, 0.05) is 37.7 Å². The van der Waals surface area contributed by atoms with Gasteiger partial charge in [-0.25, -0.2) is 0 Å². The van der Waals surface area contributed by atoms with Crippen LogP contribution in [0, 0.1) is 12.3 Å². The van der Waals surface area contributed by atoms with Gasteiger partial charge in [-0.05, 0) is 18.6 Å². The summed E-state index contributed by atoms with van der Waals surface area (Å²) in [5.74, 6) is 0.161. The van der Waals surface area contributed by atoms with Gasteiger partial charge in [0.05, 0.1) is 0 Å². The molecule has 0 N–H and O–H groups in total. The third-order valence-corrected chi connectivity index (χ3v) is 3.98. The Bertz CT molecular complexity index is 606. The molecule has 0 bridgehead atoms. The minimum atomic E-state index is -0.364. The Morgan fingerprint density at radius 1 is 1.04 bits per heavy atom. The number of hydrogen-bond acceptors (Lipinski definition) is 2. The minimum Gasteiger partial charge on any atom is -0.339 e. The molecule has 124 valence electrons. The number of piperazine rings is 1. The maximum atomic E-state index is 12.3. The fourth-order valence-corrected chi connectivity index (χ4v) is 2.65. The monoisotopic (exact) mass is 314 g/mol. The quantitative estimate of drug-likeness (QED) is 0.788. The summed E-state index contributed by atoms with van der Waals surface area (Å²) < 4.78 is 0. The van der Waals surface area contributed by atoms with E-state index in [1.165, 1.54) is 5.56 Å². The summed E-state index contributed by atoms with van der Waals surface area (Å²) in [5.41, 5.74) is 1.84. The van der Waals surface area contributed by atoms with Crippen LogP contribution < -0.4 is 0 Å². The van der Waals surface area contributed by atoms with Crippen LogP contribution in [0.2, 0.25) is 0 Å². The van der Waals surface area contributed by atoms with Crippen LogP contribution in [0.4, 0.5) is 0 Å². The third-order valence-electron chi connectivity index (χ3n) is 3.98. The zero-order valence-electron chi connectivity index (χ0n) is 14.5. The molecule has 0 saturated carbocycles. The van der Waals surface area contributed by atoms with Crippen molar-refractivity contribution in [2.45, 2.75) is 27.7 Å². The highest BCUT2D eigenvalue weighted by Crippen LogP contribution is 2.18. The highest BCUT2D eigenvalue weighted by atomic mass is 16.2. The molecule has 2 rings (SSSR count). The first-order valence-electron chi connectivity index (χ1n) is 8.10. The summed E-state index contributed by atoms with van der Waals surface area (Å²) in [5, 5.41) is 0. The Kier molecular flexibility index (Phi) is 5.24. The van der Waals surface area contributed by atoms with Crippen molar-refractivity contribution in [1.29, 1.82) is 0 Å². The molecule has 1 aliphatic heterocycles. The van der Waals surface area contributed by atoms with Crippen molar-refractivity contribution in [3.63, 3.8) is 0 Å². The molecule has 0 aliphatic carbocycles. The van der Waals surface area contributed by atoms with Crippen LogP contribution in [0.5, 0.6) is 0 Å². The molecule has 1 saturated heterocycles. The average Bonchev–Trinajstić information content (AvgIpc) is 2.51. The normalized spacial score (nSPS) is 16.0. The van der Waals surface area contributed by atoms with Crippen LogP contribution in [0.1, 0.15) is 31.9 Å². The van der Waals surface area contributed by atoms with E-state index in [1.54, 1.807) is 11.0 Å². The maximum absolute atomic E-state index is 12.3. The number of nitrogens with zero attached hydrogens (tertiary/aromatic N) is 2.